The highest BCUT2D eigenvalue weighted by molar-refractivity contribution is 5.79. The quantitative estimate of drug-likeness (QED) is 0.647. The molecule has 8 nitrogen and oxygen atoms in total. The van der Waals surface area contributed by atoms with Crippen molar-refractivity contribution in [1.82, 2.24) is 30.6 Å². The Labute approximate surface area is 163 Å². The lowest BCUT2D eigenvalue weighted by Gasteiger charge is -2.07. The van der Waals surface area contributed by atoms with E-state index in [2.05, 4.69) is 26.8 Å². The number of rotatable bonds is 7. The van der Waals surface area contributed by atoms with Crippen LogP contribution < -0.4 is 10.6 Å². The SMILES string of the molecule is Cc1noc(C)c1CCC(=O)NCCn1nc(C2CCNC2)c2cccnc21. The number of aromatic nitrogens is 4. The summed E-state index contributed by atoms with van der Waals surface area (Å²) in [6, 6.07) is 4.04. The molecular formula is C20H26N6O2. The summed E-state index contributed by atoms with van der Waals surface area (Å²) in [6.45, 7) is 6.89. The van der Waals surface area contributed by atoms with Gasteiger partial charge in [0.15, 0.2) is 5.65 Å². The normalized spacial score (nSPS) is 16.7. The third-order valence-electron chi connectivity index (χ3n) is 5.41. The number of nitrogens with zero attached hydrogens (tertiary/aromatic N) is 4. The summed E-state index contributed by atoms with van der Waals surface area (Å²) in [5.41, 5.74) is 3.87. The number of carbonyl (C=O) groups is 1. The van der Waals surface area contributed by atoms with Crippen LogP contribution in [-0.4, -0.2) is 45.5 Å². The molecule has 1 aliphatic heterocycles. The molecule has 0 saturated carbocycles. The monoisotopic (exact) mass is 382 g/mol. The van der Waals surface area contributed by atoms with Crippen molar-refractivity contribution in [1.29, 1.82) is 0 Å². The van der Waals surface area contributed by atoms with Gasteiger partial charge in [-0.15, -0.1) is 0 Å². The number of pyridine rings is 1. The molecule has 148 valence electrons. The van der Waals surface area contributed by atoms with E-state index >= 15 is 0 Å². The predicted octanol–water partition coefficient (Wildman–Crippen LogP) is 1.86. The van der Waals surface area contributed by atoms with Crippen LogP contribution in [0.2, 0.25) is 0 Å². The van der Waals surface area contributed by atoms with E-state index in [1.165, 1.54) is 0 Å². The van der Waals surface area contributed by atoms with Crippen LogP contribution in [0.25, 0.3) is 11.0 Å². The number of fused-ring (bicyclic) bond motifs is 1. The fraction of sp³-hybridized carbons (Fsp3) is 0.500. The van der Waals surface area contributed by atoms with E-state index < -0.39 is 0 Å². The Balaban J connectivity index is 1.36. The highest BCUT2D eigenvalue weighted by Gasteiger charge is 2.23. The second kappa shape index (κ2) is 8.10. The van der Waals surface area contributed by atoms with Crippen molar-refractivity contribution < 1.29 is 9.32 Å². The van der Waals surface area contributed by atoms with Crippen LogP contribution in [0.3, 0.4) is 0 Å². The summed E-state index contributed by atoms with van der Waals surface area (Å²) < 4.78 is 7.06. The Morgan fingerprint density at radius 1 is 1.43 bits per heavy atom. The molecule has 28 heavy (non-hydrogen) atoms. The molecule has 3 aromatic rings. The van der Waals surface area contributed by atoms with Crippen molar-refractivity contribution in [2.45, 2.75) is 45.6 Å². The molecular weight excluding hydrogens is 356 g/mol. The maximum Gasteiger partial charge on any atom is 0.220 e. The van der Waals surface area contributed by atoms with Crippen molar-refractivity contribution in [2.75, 3.05) is 19.6 Å². The lowest BCUT2D eigenvalue weighted by molar-refractivity contribution is -0.121. The second-order valence-electron chi connectivity index (χ2n) is 7.33. The highest BCUT2D eigenvalue weighted by Crippen LogP contribution is 2.27. The molecule has 4 rings (SSSR count). The minimum atomic E-state index is 0.0182. The topological polar surface area (TPSA) is 97.9 Å². The molecule has 2 N–H and O–H groups in total. The molecule has 3 aromatic heterocycles. The van der Waals surface area contributed by atoms with E-state index in [-0.39, 0.29) is 5.91 Å². The molecule has 8 heteroatoms. The molecule has 1 atom stereocenters. The summed E-state index contributed by atoms with van der Waals surface area (Å²) in [6.07, 6.45) is 3.94. The van der Waals surface area contributed by atoms with E-state index in [0.717, 1.165) is 53.3 Å². The van der Waals surface area contributed by atoms with Gasteiger partial charge < -0.3 is 15.2 Å². The molecule has 1 saturated heterocycles. The molecule has 1 fully saturated rings. The third kappa shape index (κ3) is 3.77. The van der Waals surface area contributed by atoms with Crippen molar-refractivity contribution in [3.8, 4) is 0 Å². The number of carbonyl (C=O) groups excluding carboxylic acids is 1. The molecule has 4 heterocycles. The van der Waals surface area contributed by atoms with Gasteiger partial charge in [-0.3, -0.25) is 4.79 Å². The maximum absolute atomic E-state index is 12.2. The zero-order valence-electron chi connectivity index (χ0n) is 16.4. The molecule has 1 amide bonds. The molecule has 0 radical (unpaired) electrons. The molecule has 1 unspecified atom stereocenters. The molecule has 0 aromatic carbocycles. The summed E-state index contributed by atoms with van der Waals surface area (Å²) in [5, 5.41) is 16.2. The fourth-order valence-corrected chi connectivity index (χ4v) is 3.87. The molecule has 1 aliphatic rings. The maximum atomic E-state index is 12.2. The van der Waals surface area contributed by atoms with Gasteiger partial charge in [-0.2, -0.15) is 5.10 Å². The first-order chi connectivity index (χ1) is 13.6. The Bertz CT molecular complexity index is 951. The summed E-state index contributed by atoms with van der Waals surface area (Å²) in [4.78, 5) is 16.7. The van der Waals surface area contributed by atoms with E-state index in [1.54, 1.807) is 6.20 Å². The minimum absolute atomic E-state index is 0.0182. The summed E-state index contributed by atoms with van der Waals surface area (Å²) >= 11 is 0. The van der Waals surface area contributed by atoms with E-state index in [4.69, 9.17) is 9.62 Å². The first kappa shape index (κ1) is 18.6. The van der Waals surface area contributed by atoms with Crippen LogP contribution >= 0.6 is 0 Å². The Morgan fingerprint density at radius 3 is 3.07 bits per heavy atom. The number of nitrogens with one attached hydrogen (secondary N) is 2. The standard InChI is InChI=1S/C20H26N6O2/c1-13-16(14(2)28-25-13)5-6-18(27)22-10-11-26-20-17(4-3-8-23-20)19(24-26)15-7-9-21-12-15/h3-4,8,15,21H,5-7,9-12H2,1-2H3,(H,22,27). The summed E-state index contributed by atoms with van der Waals surface area (Å²) in [5.74, 6) is 1.23. The number of hydrogen-bond acceptors (Lipinski definition) is 6. The van der Waals surface area contributed by atoms with Crippen LogP contribution in [0.5, 0.6) is 0 Å². The van der Waals surface area contributed by atoms with Crippen molar-refractivity contribution >= 4 is 16.9 Å². The fourth-order valence-electron chi connectivity index (χ4n) is 3.87. The van der Waals surface area contributed by atoms with Crippen LogP contribution in [0.1, 0.15) is 41.5 Å². The molecule has 0 bridgehead atoms. The zero-order valence-corrected chi connectivity index (χ0v) is 16.4. The average Bonchev–Trinajstić information content (AvgIpc) is 3.41. The van der Waals surface area contributed by atoms with Gasteiger partial charge >= 0.3 is 0 Å². The molecule has 0 spiro atoms. The second-order valence-corrected chi connectivity index (χ2v) is 7.33. The predicted molar refractivity (Wildman–Crippen MR) is 105 cm³/mol. The van der Waals surface area contributed by atoms with E-state index in [9.17, 15) is 4.79 Å². The van der Waals surface area contributed by atoms with Crippen LogP contribution in [0.4, 0.5) is 0 Å². The largest absolute Gasteiger partial charge is 0.361 e. The third-order valence-corrected chi connectivity index (χ3v) is 5.41. The smallest absolute Gasteiger partial charge is 0.220 e. The average molecular weight is 382 g/mol. The molecule has 0 aliphatic carbocycles. The van der Waals surface area contributed by atoms with Crippen LogP contribution in [0, 0.1) is 13.8 Å². The number of amides is 1. The van der Waals surface area contributed by atoms with E-state index in [1.807, 2.05) is 24.6 Å². The van der Waals surface area contributed by atoms with Gasteiger partial charge in [-0.25, -0.2) is 9.67 Å². The van der Waals surface area contributed by atoms with Gasteiger partial charge in [0.05, 0.1) is 17.9 Å². The minimum Gasteiger partial charge on any atom is -0.361 e. The van der Waals surface area contributed by atoms with E-state index in [0.29, 0.717) is 31.8 Å². The van der Waals surface area contributed by atoms with Crippen molar-refractivity contribution in [3.05, 3.63) is 41.0 Å². The van der Waals surface area contributed by atoms with Crippen LogP contribution in [-0.2, 0) is 17.8 Å². The highest BCUT2D eigenvalue weighted by atomic mass is 16.5. The lowest BCUT2D eigenvalue weighted by Crippen LogP contribution is -2.27. The van der Waals surface area contributed by atoms with Gasteiger partial charge in [-0.1, -0.05) is 5.16 Å². The van der Waals surface area contributed by atoms with Gasteiger partial charge in [-0.05, 0) is 45.4 Å². The Hall–Kier alpha value is -2.74. The van der Waals surface area contributed by atoms with Crippen molar-refractivity contribution in [3.63, 3.8) is 0 Å². The Morgan fingerprint density at radius 2 is 2.32 bits per heavy atom. The van der Waals surface area contributed by atoms with Crippen LogP contribution in [0.15, 0.2) is 22.9 Å². The zero-order chi connectivity index (χ0) is 19.5. The number of aryl methyl sites for hydroxylation is 2. The van der Waals surface area contributed by atoms with Gasteiger partial charge in [0.1, 0.15) is 5.76 Å². The van der Waals surface area contributed by atoms with Gasteiger partial charge in [0.2, 0.25) is 5.91 Å². The lowest BCUT2D eigenvalue weighted by atomic mass is 10.0. The summed E-state index contributed by atoms with van der Waals surface area (Å²) in [7, 11) is 0. The Kier molecular flexibility index (Phi) is 5.38. The van der Waals surface area contributed by atoms with Crippen molar-refractivity contribution in [2.24, 2.45) is 0 Å². The van der Waals surface area contributed by atoms with Gasteiger partial charge in [0, 0.05) is 42.6 Å². The van der Waals surface area contributed by atoms with Gasteiger partial charge in [0.25, 0.3) is 0 Å². The number of hydrogen-bond donors (Lipinski definition) is 2. The first-order valence-corrected chi connectivity index (χ1v) is 9.84. The first-order valence-electron chi connectivity index (χ1n) is 9.84.